The SMILES string of the molecule is C=C1CC2C(CCc3ccc4c(oc5ccccc54)c3-c3n1c1ccccc1[n+]3-c1ccc(C(C)(C)C)cc1)c1cc(C(C)C)ccc1-c1cc(C(C)C)c([Si](C)(C)C)c[n+]12. The fraction of sp³-hybridized carbons (Fsp3) is 0.321. The Morgan fingerprint density at radius 3 is 2.26 bits per heavy atom. The average molecular weight is 820 g/mol. The quantitative estimate of drug-likeness (QED) is 0.128. The van der Waals surface area contributed by atoms with Crippen molar-refractivity contribution in [2.45, 2.75) is 117 Å². The molecule has 2 aliphatic rings. The molecule has 2 aliphatic heterocycles. The van der Waals surface area contributed by atoms with E-state index < -0.39 is 8.07 Å². The number of imidazole rings is 1. The molecule has 0 fully saturated rings. The van der Waals surface area contributed by atoms with Crippen LogP contribution in [0.3, 0.4) is 0 Å². The van der Waals surface area contributed by atoms with Gasteiger partial charge in [-0.1, -0.05) is 141 Å². The number of furan rings is 1. The van der Waals surface area contributed by atoms with Gasteiger partial charge in [-0.15, -0.1) is 0 Å². The second kappa shape index (κ2) is 14.3. The molecule has 5 aromatic carbocycles. The van der Waals surface area contributed by atoms with Crippen LogP contribution in [0, 0.1) is 0 Å². The van der Waals surface area contributed by atoms with Gasteiger partial charge in [-0.3, -0.25) is 0 Å². The fourth-order valence-electron chi connectivity index (χ4n) is 10.7. The summed E-state index contributed by atoms with van der Waals surface area (Å²) in [6, 6.07) is 41.5. The van der Waals surface area contributed by atoms with Crippen LogP contribution in [0.1, 0.15) is 113 Å². The lowest BCUT2D eigenvalue weighted by atomic mass is 9.76. The molecule has 0 saturated heterocycles. The molecule has 0 saturated carbocycles. The maximum Gasteiger partial charge on any atom is 0.304 e. The van der Waals surface area contributed by atoms with E-state index in [1.54, 1.807) is 5.19 Å². The number of fused-ring (bicyclic) bond motifs is 15. The Labute approximate surface area is 363 Å². The maximum absolute atomic E-state index is 7.03. The molecular weight excluding hydrogens is 759 g/mol. The minimum atomic E-state index is -1.72. The molecule has 0 bridgehead atoms. The molecule has 0 N–H and O–H groups in total. The molecule has 4 nitrogen and oxygen atoms in total. The first-order valence-corrected chi connectivity index (χ1v) is 26.1. The lowest BCUT2D eigenvalue weighted by Crippen LogP contribution is -2.54. The van der Waals surface area contributed by atoms with Crippen LogP contribution in [0.4, 0.5) is 0 Å². The number of hydrogen-bond acceptors (Lipinski definition) is 1. The highest BCUT2D eigenvalue weighted by Gasteiger charge is 2.45. The Hall–Kier alpha value is -5.52. The molecule has 0 aliphatic carbocycles. The zero-order valence-electron chi connectivity index (χ0n) is 37.9. The summed E-state index contributed by atoms with van der Waals surface area (Å²) in [7, 11) is -1.72. The van der Waals surface area contributed by atoms with Crippen LogP contribution < -0.4 is 14.3 Å². The van der Waals surface area contributed by atoms with Gasteiger partial charge in [-0.05, 0) is 94.3 Å². The van der Waals surface area contributed by atoms with Gasteiger partial charge in [-0.25, -0.2) is 0 Å². The van der Waals surface area contributed by atoms with E-state index in [4.69, 9.17) is 11.0 Å². The third-order valence-corrected chi connectivity index (χ3v) is 16.0. The van der Waals surface area contributed by atoms with Crippen molar-refractivity contribution >= 4 is 51.9 Å². The van der Waals surface area contributed by atoms with Gasteiger partial charge in [0.15, 0.2) is 28.9 Å². The highest BCUT2D eigenvalue weighted by atomic mass is 28.3. The van der Waals surface area contributed by atoms with Crippen LogP contribution in [0.5, 0.6) is 0 Å². The van der Waals surface area contributed by atoms with Crippen molar-refractivity contribution in [3.05, 3.63) is 150 Å². The van der Waals surface area contributed by atoms with Crippen LogP contribution >= 0.6 is 0 Å². The molecule has 2 atom stereocenters. The summed E-state index contributed by atoms with van der Waals surface area (Å²) in [5.74, 6) is 2.27. The number of para-hydroxylation sites is 3. The summed E-state index contributed by atoms with van der Waals surface area (Å²) < 4.78 is 14.7. The molecule has 2 unspecified atom stereocenters. The smallest absolute Gasteiger partial charge is 0.304 e. The number of aromatic nitrogens is 3. The second-order valence-corrected chi connectivity index (χ2v) is 25.7. The first kappa shape index (κ1) is 39.6. The van der Waals surface area contributed by atoms with Crippen molar-refractivity contribution in [1.82, 2.24) is 4.57 Å². The minimum Gasteiger partial charge on any atom is -0.455 e. The van der Waals surface area contributed by atoms with Crippen LogP contribution in [0.25, 0.3) is 67.0 Å². The Balaban J connectivity index is 1.29. The Bertz CT molecular complexity index is 3050. The summed E-state index contributed by atoms with van der Waals surface area (Å²) in [6.45, 7) is 28.9. The van der Waals surface area contributed by atoms with Gasteiger partial charge >= 0.3 is 5.82 Å². The fourth-order valence-corrected chi connectivity index (χ4v) is 12.4. The Morgan fingerprint density at radius 1 is 0.803 bits per heavy atom. The molecule has 10 rings (SSSR count). The molecule has 5 heterocycles. The monoisotopic (exact) mass is 819 g/mol. The van der Waals surface area contributed by atoms with Crippen molar-refractivity contribution in [1.29, 1.82) is 0 Å². The topological polar surface area (TPSA) is 25.8 Å². The van der Waals surface area contributed by atoms with Gasteiger partial charge in [0.05, 0.1) is 14.5 Å². The van der Waals surface area contributed by atoms with Gasteiger partial charge in [0.1, 0.15) is 22.5 Å². The average Bonchev–Trinajstić information content (AvgIpc) is 3.78. The van der Waals surface area contributed by atoms with E-state index in [1.165, 1.54) is 39.1 Å². The zero-order valence-corrected chi connectivity index (χ0v) is 38.9. The summed E-state index contributed by atoms with van der Waals surface area (Å²) >= 11 is 0. The summed E-state index contributed by atoms with van der Waals surface area (Å²) in [5, 5.41) is 3.86. The summed E-state index contributed by atoms with van der Waals surface area (Å²) in [6.07, 6.45) is 5.32. The molecule has 8 aromatic rings. The van der Waals surface area contributed by atoms with E-state index in [0.717, 1.165) is 75.0 Å². The van der Waals surface area contributed by atoms with E-state index in [0.29, 0.717) is 11.8 Å². The van der Waals surface area contributed by atoms with Gasteiger partial charge in [0.2, 0.25) is 5.69 Å². The first-order valence-electron chi connectivity index (χ1n) is 22.6. The van der Waals surface area contributed by atoms with Crippen molar-refractivity contribution < 1.29 is 13.6 Å². The molecule has 61 heavy (non-hydrogen) atoms. The lowest BCUT2D eigenvalue weighted by molar-refractivity contribution is -0.716. The van der Waals surface area contributed by atoms with E-state index >= 15 is 0 Å². The van der Waals surface area contributed by atoms with E-state index in [1.807, 2.05) is 0 Å². The van der Waals surface area contributed by atoms with Gasteiger partial charge < -0.3 is 4.42 Å². The predicted octanol–water partition coefficient (Wildman–Crippen LogP) is 13.7. The third kappa shape index (κ3) is 6.37. The summed E-state index contributed by atoms with van der Waals surface area (Å²) in [5.41, 5.74) is 17.3. The van der Waals surface area contributed by atoms with Crippen LogP contribution in [-0.2, 0) is 11.8 Å². The maximum atomic E-state index is 7.03. The predicted molar refractivity (Wildman–Crippen MR) is 258 cm³/mol. The zero-order chi connectivity index (χ0) is 42.7. The van der Waals surface area contributed by atoms with Gasteiger partial charge in [-0.2, -0.15) is 13.7 Å². The molecule has 5 heteroatoms. The van der Waals surface area contributed by atoms with Gasteiger partial charge in [0.25, 0.3) is 0 Å². The highest BCUT2D eigenvalue weighted by molar-refractivity contribution is 6.89. The molecule has 0 spiro atoms. The van der Waals surface area contributed by atoms with E-state index in [2.05, 4.69) is 197 Å². The van der Waals surface area contributed by atoms with Gasteiger partial charge in [0, 0.05) is 33.5 Å². The van der Waals surface area contributed by atoms with Crippen LogP contribution in [0.2, 0.25) is 19.6 Å². The van der Waals surface area contributed by atoms with Crippen LogP contribution in [0.15, 0.2) is 126 Å². The number of allylic oxidation sites excluding steroid dienone is 1. The Kier molecular flexibility index (Phi) is 9.27. The number of pyridine rings is 1. The second-order valence-electron chi connectivity index (χ2n) is 20.7. The molecule has 3 aromatic heterocycles. The number of aryl methyl sites for hydroxylation is 1. The number of benzene rings is 5. The van der Waals surface area contributed by atoms with E-state index in [-0.39, 0.29) is 17.4 Å². The number of nitrogens with zero attached hydrogens (tertiary/aromatic N) is 3. The molecule has 0 amide bonds. The third-order valence-electron chi connectivity index (χ3n) is 13.9. The van der Waals surface area contributed by atoms with Crippen molar-refractivity contribution in [2.75, 3.05) is 0 Å². The summed E-state index contributed by atoms with van der Waals surface area (Å²) in [4.78, 5) is 0. The highest BCUT2D eigenvalue weighted by Crippen LogP contribution is 2.48. The molecule has 308 valence electrons. The first-order chi connectivity index (χ1) is 29.1. The minimum absolute atomic E-state index is 0.0443. The molecule has 0 radical (unpaired) electrons. The number of hydrogen-bond donors (Lipinski definition) is 0. The van der Waals surface area contributed by atoms with Crippen LogP contribution in [-0.4, -0.2) is 12.6 Å². The number of rotatable bonds is 4. The standard InChI is InChI=1S/C56H61N3OSi/c1-34(2)38-22-28-42-46(31-38)41-27-20-37-21-29-44-43-16-12-15-19-51(43)60-54(44)53(37)55-58(36(5)30-49(41)57-33-52(61(9,10)11)45(35(3)4)32-50(42)57)47-17-13-14-18-48(47)59(55)40-25-23-39(24-26-40)56(6,7)8/h12-19,21-26,28-29,31-35,41,49H,5,20,27,30H2,1-4,6-11H3/q+2. The van der Waals surface area contributed by atoms with Crippen molar-refractivity contribution in [2.24, 2.45) is 0 Å². The largest absolute Gasteiger partial charge is 0.455 e. The Morgan fingerprint density at radius 2 is 1.54 bits per heavy atom. The molecular formula is C56H61N3OSi+2. The lowest BCUT2D eigenvalue weighted by Gasteiger charge is -2.34. The van der Waals surface area contributed by atoms with E-state index in [9.17, 15) is 0 Å². The normalized spacial score (nSPS) is 16.8. The van der Waals surface area contributed by atoms with Crippen molar-refractivity contribution in [3.8, 4) is 28.3 Å². The van der Waals surface area contributed by atoms with Crippen molar-refractivity contribution in [3.63, 3.8) is 0 Å².